The standard InChI is InChI=1S/C10H12BClN2O3S.ClH/c12-9-7(14-10(15)18-4-3-13)2-1-6-5-17-11(16)8(6)9;/h1-2,16H,3-5,13H2,(H,14,15);1H. The maximum atomic E-state index is 11.5. The van der Waals surface area contributed by atoms with Crippen LogP contribution in [0.1, 0.15) is 5.56 Å². The van der Waals surface area contributed by atoms with Crippen molar-refractivity contribution in [3.8, 4) is 0 Å². The summed E-state index contributed by atoms with van der Waals surface area (Å²) in [5, 5.41) is 12.4. The topological polar surface area (TPSA) is 84.6 Å². The zero-order valence-electron chi connectivity index (χ0n) is 9.89. The van der Waals surface area contributed by atoms with E-state index in [4.69, 9.17) is 22.0 Å². The molecule has 0 atom stereocenters. The van der Waals surface area contributed by atoms with Gasteiger partial charge in [0.15, 0.2) is 0 Å². The highest BCUT2D eigenvalue weighted by atomic mass is 35.5. The molecule has 0 radical (unpaired) electrons. The molecule has 1 amide bonds. The van der Waals surface area contributed by atoms with Gasteiger partial charge in [-0.25, -0.2) is 0 Å². The van der Waals surface area contributed by atoms with Crippen molar-refractivity contribution in [3.05, 3.63) is 22.7 Å². The van der Waals surface area contributed by atoms with Crippen LogP contribution in [0.4, 0.5) is 10.5 Å². The number of amides is 1. The molecule has 1 aliphatic rings. The van der Waals surface area contributed by atoms with Gasteiger partial charge in [0.1, 0.15) is 0 Å². The van der Waals surface area contributed by atoms with Crippen molar-refractivity contribution >= 4 is 59.3 Å². The van der Waals surface area contributed by atoms with Gasteiger partial charge in [0.05, 0.1) is 17.3 Å². The highest BCUT2D eigenvalue weighted by Crippen LogP contribution is 2.26. The largest absolute Gasteiger partial charge is 0.493 e. The average molecular weight is 323 g/mol. The van der Waals surface area contributed by atoms with E-state index in [0.29, 0.717) is 35.1 Å². The van der Waals surface area contributed by atoms with Crippen LogP contribution in [0.3, 0.4) is 0 Å². The Morgan fingerprint density at radius 2 is 2.37 bits per heavy atom. The lowest BCUT2D eigenvalue weighted by Crippen LogP contribution is -2.29. The van der Waals surface area contributed by atoms with Crippen LogP contribution in [-0.2, 0) is 11.3 Å². The van der Waals surface area contributed by atoms with E-state index in [1.165, 1.54) is 0 Å². The summed E-state index contributed by atoms with van der Waals surface area (Å²) in [5.74, 6) is 0.542. The maximum Gasteiger partial charge on any atom is 0.493 e. The minimum atomic E-state index is -1.03. The normalized spacial score (nSPS) is 12.9. The molecular weight excluding hydrogens is 310 g/mol. The van der Waals surface area contributed by atoms with Crippen LogP contribution >= 0.6 is 35.8 Å². The molecule has 9 heteroatoms. The molecule has 0 aromatic heterocycles. The third kappa shape index (κ3) is 3.78. The number of hydrogen-bond donors (Lipinski definition) is 3. The number of thioether (sulfide) groups is 1. The summed E-state index contributed by atoms with van der Waals surface area (Å²) in [4.78, 5) is 11.5. The average Bonchev–Trinajstić information content (AvgIpc) is 2.73. The predicted molar refractivity (Wildman–Crippen MR) is 81.6 cm³/mol. The SMILES string of the molecule is Cl.NCCSC(=O)Nc1ccc2c(c1Cl)B(O)OC2. The number of nitrogens with two attached hydrogens (primary N) is 1. The molecule has 0 spiro atoms. The van der Waals surface area contributed by atoms with E-state index >= 15 is 0 Å². The first-order chi connectivity index (χ1) is 8.63. The Labute approximate surface area is 126 Å². The molecule has 19 heavy (non-hydrogen) atoms. The zero-order valence-corrected chi connectivity index (χ0v) is 12.3. The summed E-state index contributed by atoms with van der Waals surface area (Å²) in [6.07, 6.45) is 0. The Kier molecular flexibility index (Phi) is 6.45. The Bertz CT molecular complexity index is 478. The van der Waals surface area contributed by atoms with Gasteiger partial charge in [0, 0.05) is 17.8 Å². The molecule has 0 fully saturated rings. The highest BCUT2D eigenvalue weighted by molar-refractivity contribution is 8.13. The fourth-order valence-corrected chi connectivity index (χ4v) is 2.48. The summed E-state index contributed by atoms with van der Waals surface area (Å²) in [7, 11) is -1.03. The second-order valence-corrected chi connectivity index (χ2v) is 5.16. The van der Waals surface area contributed by atoms with Crippen molar-refractivity contribution in [1.82, 2.24) is 0 Å². The molecule has 104 valence electrons. The zero-order chi connectivity index (χ0) is 13.1. The van der Waals surface area contributed by atoms with E-state index in [2.05, 4.69) is 5.32 Å². The van der Waals surface area contributed by atoms with Gasteiger partial charge < -0.3 is 20.7 Å². The Morgan fingerprint density at radius 3 is 3.05 bits per heavy atom. The van der Waals surface area contributed by atoms with Crippen LogP contribution in [0.5, 0.6) is 0 Å². The maximum absolute atomic E-state index is 11.5. The minimum Gasteiger partial charge on any atom is -0.423 e. The molecule has 0 saturated carbocycles. The number of nitrogens with one attached hydrogen (secondary N) is 1. The number of hydrogen-bond acceptors (Lipinski definition) is 5. The van der Waals surface area contributed by atoms with E-state index in [-0.39, 0.29) is 17.6 Å². The smallest absolute Gasteiger partial charge is 0.423 e. The summed E-state index contributed by atoms with van der Waals surface area (Å²) in [5.41, 5.74) is 7.14. The van der Waals surface area contributed by atoms with E-state index in [0.717, 1.165) is 17.3 Å². The first kappa shape index (κ1) is 16.6. The number of benzene rings is 1. The number of rotatable bonds is 3. The second kappa shape index (κ2) is 7.37. The van der Waals surface area contributed by atoms with Crippen molar-refractivity contribution in [2.45, 2.75) is 6.61 Å². The third-order valence-corrected chi connectivity index (χ3v) is 3.71. The monoisotopic (exact) mass is 322 g/mol. The van der Waals surface area contributed by atoms with E-state index in [1.807, 2.05) is 0 Å². The lowest BCUT2D eigenvalue weighted by molar-refractivity contribution is 0.269. The number of anilines is 1. The molecule has 1 aliphatic heterocycles. The molecule has 0 saturated heterocycles. The molecule has 1 aromatic rings. The van der Waals surface area contributed by atoms with Crippen molar-refractivity contribution < 1.29 is 14.5 Å². The van der Waals surface area contributed by atoms with Crippen LogP contribution in [0.15, 0.2) is 12.1 Å². The van der Waals surface area contributed by atoms with Crippen molar-refractivity contribution in [2.24, 2.45) is 5.73 Å². The quantitative estimate of drug-likeness (QED) is 0.728. The van der Waals surface area contributed by atoms with Gasteiger partial charge in [-0.15, -0.1) is 12.4 Å². The lowest BCUT2D eigenvalue weighted by atomic mass is 9.79. The van der Waals surface area contributed by atoms with Gasteiger partial charge >= 0.3 is 7.12 Å². The molecule has 5 nitrogen and oxygen atoms in total. The molecule has 0 unspecified atom stereocenters. The first-order valence-electron chi connectivity index (χ1n) is 5.38. The minimum absolute atomic E-state index is 0. The number of carbonyl (C=O) groups is 1. The molecule has 0 bridgehead atoms. The number of fused-ring (bicyclic) bond motifs is 1. The van der Waals surface area contributed by atoms with E-state index < -0.39 is 7.12 Å². The van der Waals surface area contributed by atoms with Gasteiger partial charge in [0.2, 0.25) is 0 Å². The molecular formula is C10H13BCl2N2O3S. The van der Waals surface area contributed by atoms with Gasteiger partial charge in [-0.3, -0.25) is 4.79 Å². The fourth-order valence-electron chi connectivity index (χ4n) is 1.67. The first-order valence-corrected chi connectivity index (χ1v) is 6.74. The number of halogens is 2. The van der Waals surface area contributed by atoms with Crippen molar-refractivity contribution in [3.63, 3.8) is 0 Å². The summed E-state index contributed by atoms with van der Waals surface area (Å²) >= 11 is 7.23. The Balaban J connectivity index is 0.00000180. The van der Waals surface area contributed by atoms with E-state index in [9.17, 15) is 9.82 Å². The summed E-state index contributed by atoms with van der Waals surface area (Å²) < 4.78 is 5.07. The fraction of sp³-hybridized carbons (Fsp3) is 0.300. The predicted octanol–water partition coefficient (Wildman–Crippen LogP) is 1.20. The van der Waals surface area contributed by atoms with Crippen molar-refractivity contribution in [1.29, 1.82) is 0 Å². The van der Waals surface area contributed by atoms with Gasteiger partial charge in [-0.2, -0.15) is 0 Å². The van der Waals surface area contributed by atoms with Gasteiger partial charge in [-0.05, 0) is 11.6 Å². The highest BCUT2D eigenvalue weighted by Gasteiger charge is 2.31. The van der Waals surface area contributed by atoms with Crippen LogP contribution in [0, 0.1) is 0 Å². The number of carbonyl (C=O) groups excluding carboxylic acids is 1. The third-order valence-electron chi connectivity index (χ3n) is 2.50. The molecule has 0 aliphatic carbocycles. The molecule has 1 heterocycles. The van der Waals surface area contributed by atoms with Crippen LogP contribution in [0.2, 0.25) is 5.02 Å². The Morgan fingerprint density at radius 1 is 1.63 bits per heavy atom. The van der Waals surface area contributed by atoms with Crippen LogP contribution in [-0.4, -0.2) is 29.7 Å². The molecule has 4 N–H and O–H groups in total. The summed E-state index contributed by atoms with van der Waals surface area (Å²) in [6.45, 7) is 0.759. The van der Waals surface area contributed by atoms with Crippen LogP contribution in [0.25, 0.3) is 0 Å². The van der Waals surface area contributed by atoms with Crippen molar-refractivity contribution in [2.75, 3.05) is 17.6 Å². The second-order valence-electron chi connectivity index (χ2n) is 3.71. The van der Waals surface area contributed by atoms with Gasteiger partial charge in [-0.1, -0.05) is 29.4 Å². The molecule has 1 aromatic carbocycles. The summed E-state index contributed by atoms with van der Waals surface area (Å²) in [6, 6.07) is 3.48. The van der Waals surface area contributed by atoms with E-state index in [1.54, 1.807) is 12.1 Å². The molecule has 2 rings (SSSR count). The van der Waals surface area contributed by atoms with Gasteiger partial charge in [0.25, 0.3) is 5.24 Å². The Hall–Kier alpha value is -0.435. The lowest BCUT2D eigenvalue weighted by Gasteiger charge is -2.10. The van der Waals surface area contributed by atoms with Crippen LogP contribution < -0.4 is 16.5 Å².